The van der Waals surface area contributed by atoms with Crippen molar-refractivity contribution in [3.05, 3.63) is 120 Å². The van der Waals surface area contributed by atoms with E-state index >= 15 is 0 Å². The molecule has 5 N–H and O–H groups in total. The van der Waals surface area contributed by atoms with Gasteiger partial charge in [0.05, 0.1) is 32.8 Å². The normalized spacial score (nSPS) is 22.3. The highest BCUT2D eigenvalue weighted by atomic mass is 16.6. The Morgan fingerprint density at radius 2 is 1.41 bits per heavy atom. The SMILES string of the molecule is Nc1nc([C@@H]2O[C@H](COCc3ccccc3)[C@@H](OCc3ccccc3)[C@]2(N)OCc2ccccc2)nc2nc[nH]c12. The molecular formula is C31H32N6O4. The maximum absolute atomic E-state index is 7.16. The van der Waals surface area contributed by atoms with Crippen molar-refractivity contribution in [2.24, 2.45) is 5.73 Å². The molecule has 1 aliphatic heterocycles. The van der Waals surface area contributed by atoms with Crippen LogP contribution in [0.2, 0.25) is 0 Å². The number of anilines is 1. The van der Waals surface area contributed by atoms with Crippen molar-refractivity contribution in [3.63, 3.8) is 0 Å². The Hall–Kier alpha value is -4.19. The van der Waals surface area contributed by atoms with Crippen molar-refractivity contribution in [3.8, 4) is 0 Å². The Balaban J connectivity index is 1.33. The maximum atomic E-state index is 7.16. The highest BCUT2D eigenvalue weighted by Crippen LogP contribution is 2.43. The molecule has 6 rings (SSSR count). The van der Waals surface area contributed by atoms with Crippen molar-refractivity contribution in [2.45, 2.75) is 43.9 Å². The molecule has 1 aliphatic rings. The summed E-state index contributed by atoms with van der Waals surface area (Å²) in [5, 5.41) is 0. The predicted octanol–water partition coefficient (Wildman–Crippen LogP) is 4.05. The molecule has 0 amide bonds. The largest absolute Gasteiger partial charge is 0.382 e. The van der Waals surface area contributed by atoms with Crippen LogP contribution < -0.4 is 11.5 Å². The van der Waals surface area contributed by atoms with Crippen LogP contribution in [0, 0.1) is 0 Å². The van der Waals surface area contributed by atoms with E-state index in [0.29, 0.717) is 24.4 Å². The lowest BCUT2D eigenvalue weighted by molar-refractivity contribution is -0.156. The van der Waals surface area contributed by atoms with Crippen LogP contribution >= 0.6 is 0 Å². The summed E-state index contributed by atoms with van der Waals surface area (Å²) in [5.41, 5.74) is 15.9. The van der Waals surface area contributed by atoms with E-state index in [4.69, 9.17) is 30.4 Å². The number of ether oxygens (including phenoxy) is 4. The minimum Gasteiger partial charge on any atom is -0.382 e. The molecule has 0 spiro atoms. The van der Waals surface area contributed by atoms with Gasteiger partial charge in [0.1, 0.15) is 17.7 Å². The van der Waals surface area contributed by atoms with E-state index in [1.54, 1.807) is 0 Å². The van der Waals surface area contributed by atoms with E-state index < -0.39 is 24.0 Å². The van der Waals surface area contributed by atoms with Gasteiger partial charge in [-0.1, -0.05) is 91.0 Å². The third-order valence-corrected chi connectivity index (χ3v) is 7.07. The highest BCUT2D eigenvalue weighted by Gasteiger charge is 2.58. The van der Waals surface area contributed by atoms with Gasteiger partial charge in [-0.25, -0.2) is 15.0 Å². The molecule has 0 bridgehead atoms. The van der Waals surface area contributed by atoms with E-state index in [1.165, 1.54) is 6.33 Å². The van der Waals surface area contributed by atoms with Gasteiger partial charge < -0.3 is 29.7 Å². The summed E-state index contributed by atoms with van der Waals surface area (Å²) in [4.78, 5) is 16.4. The van der Waals surface area contributed by atoms with Gasteiger partial charge in [-0.05, 0) is 16.7 Å². The third kappa shape index (κ3) is 5.97. The standard InChI is InChI=1S/C31H32N6O4/c32-28-25-29(35-20-34-25)37-30(36-28)27-31(33,40-18-23-14-8-3-9-15-23)26(39-17-22-12-6-2-7-13-22)24(41-27)19-38-16-21-10-4-1-5-11-21/h1-15,20,24,26-27H,16-19,33H2,(H3,32,34,35,36,37)/t24-,26-,27+,31+/m1/s1. The first-order valence-corrected chi connectivity index (χ1v) is 13.5. The lowest BCUT2D eigenvalue weighted by atomic mass is 9.99. The summed E-state index contributed by atoms with van der Waals surface area (Å²) in [7, 11) is 0. The van der Waals surface area contributed by atoms with Gasteiger partial charge in [-0.2, -0.15) is 0 Å². The van der Waals surface area contributed by atoms with Gasteiger partial charge >= 0.3 is 0 Å². The lowest BCUT2D eigenvalue weighted by Gasteiger charge is -2.34. The summed E-state index contributed by atoms with van der Waals surface area (Å²) in [6, 6.07) is 29.6. The monoisotopic (exact) mass is 552 g/mol. The van der Waals surface area contributed by atoms with Crippen LogP contribution in [0.1, 0.15) is 28.6 Å². The van der Waals surface area contributed by atoms with Crippen molar-refractivity contribution < 1.29 is 18.9 Å². The molecule has 10 heteroatoms. The highest BCUT2D eigenvalue weighted by molar-refractivity contribution is 5.80. The second kappa shape index (κ2) is 12.1. The molecule has 0 aliphatic carbocycles. The van der Waals surface area contributed by atoms with Crippen LogP contribution in [-0.2, 0) is 38.8 Å². The number of aromatic nitrogens is 4. The molecule has 5 aromatic rings. The number of H-pyrrole nitrogens is 1. The molecule has 1 fully saturated rings. The van der Waals surface area contributed by atoms with Gasteiger partial charge in [0.2, 0.25) is 0 Å². The van der Waals surface area contributed by atoms with Gasteiger partial charge in [0.15, 0.2) is 29.1 Å². The predicted molar refractivity (Wildman–Crippen MR) is 153 cm³/mol. The number of fused-ring (bicyclic) bond motifs is 1. The van der Waals surface area contributed by atoms with Crippen molar-refractivity contribution >= 4 is 17.0 Å². The van der Waals surface area contributed by atoms with Crippen LogP contribution in [0.25, 0.3) is 11.2 Å². The number of imidazole rings is 1. The molecule has 41 heavy (non-hydrogen) atoms. The minimum atomic E-state index is -1.48. The van der Waals surface area contributed by atoms with Gasteiger partial charge in [-0.3, -0.25) is 5.73 Å². The number of hydrogen-bond donors (Lipinski definition) is 3. The topological polar surface area (TPSA) is 143 Å². The number of rotatable bonds is 11. The van der Waals surface area contributed by atoms with Crippen molar-refractivity contribution in [2.75, 3.05) is 12.3 Å². The quantitative estimate of drug-likeness (QED) is 0.207. The average Bonchev–Trinajstić information content (AvgIpc) is 3.60. The van der Waals surface area contributed by atoms with E-state index in [9.17, 15) is 0 Å². The molecule has 0 radical (unpaired) electrons. The minimum absolute atomic E-state index is 0.207. The van der Waals surface area contributed by atoms with Crippen LogP contribution in [0.4, 0.5) is 5.82 Å². The van der Waals surface area contributed by atoms with Crippen LogP contribution in [-0.4, -0.2) is 44.5 Å². The van der Waals surface area contributed by atoms with Gasteiger partial charge in [0, 0.05) is 0 Å². The zero-order valence-corrected chi connectivity index (χ0v) is 22.4. The fourth-order valence-corrected chi connectivity index (χ4v) is 4.98. The molecule has 10 nitrogen and oxygen atoms in total. The Morgan fingerprint density at radius 3 is 2.07 bits per heavy atom. The zero-order chi connectivity index (χ0) is 28.1. The summed E-state index contributed by atoms with van der Waals surface area (Å²) >= 11 is 0. The van der Waals surface area contributed by atoms with Gasteiger partial charge in [0.25, 0.3) is 0 Å². The van der Waals surface area contributed by atoms with Gasteiger partial charge in [-0.15, -0.1) is 0 Å². The smallest absolute Gasteiger partial charge is 0.183 e. The Bertz CT molecular complexity index is 1550. The molecule has 3 aromatic carbocycles. The van der Waals surface area contributed by atoms with Crippen LogP contribution in [0.3, 0.4) is 0 Å². The second-order valence-electron chi connectivity index (χ2n) is 9.97. The van der Waals surface area contributed by atoms with Crippen LogP contribution in [0.5, 0.6) is 0 Å². The molecular weight excluding hydrogens is 520 g/mol. The first kappa shape index (κ1) is 27.0. The van der Waals surface area contributed by atoms with Crippen molar-refractivity contribution in [1.82, 2.24) is 19.9 Å². The number of nitrogens with one attached hydrogen (secondary N) is 1. The molecule has 3 heterocycles. The third-order valence-electron chi connectivity index (χ3n) is 7.07. The van der Waals surface area contributed by atoms with E-state index in [1.807, 2.05) is 91.0 Å². The summed E-state index contributed by atoms with van der Waals surface area (Å²) in [5.74, 6) is 0.499. The number of hydrogen-bond acceptors (Lipinski definition) is 9. The number of aromatic amines is 1. The molecule has 210 valence electrons. The number of benzene rings is 3. The Morgan fingerprint density at radius 1 is 0.805 bits per heavy atom. The summed E-state index contributed by atoms with van der Waals surface area (Å²) in [6.07, 6.45) is -0.719. The molecule has 4 atom stereocenters. The molecule has 0 unspecified atom stereocenters. The van der Waals surface area contributed by atoms with E-state index in [0.717, 1.165) is 16.7 Å². The van der Waals surface area contributed by atoms with E-state index in [-0.39, 0.29) is 24.9 Å². The first-order chi connectivity index (χ1) is 20.1. The summed E-state index contributed by atoms with van der Waals surface area (Å²) in [6.45, 7) is 1.13. The zero-order valence-electron chi connectivity index (χ0n) is 22.4. The lowest BCUT2D eigenvalue weighted by Crippen LogP contribution is -2.57. The number of nitrogens with two attached hydrogens (primary N) is 2. The van der Waals surface area contributed by atoms with Crippen molar-refractivity contribution in [1.29, 1.82) is 0 Å². The average molecular weight is 553 g/mol. The fraction of sp³-hybridized carbons (Fsp3) is 0.258. The summed E-state index contributed by atoms with van der Waals surface area (Å²) < 4.78 is 25.7. The first-order valence-electron chi connectivity index (χ1n) is 13.5. The molecule has 1 saturated heterocycles. The number of nitrogen functional groups attached to an aromatic ring is 1. The maximum Gasteiger partial charge on any atom is 0.183 e. The fourth-order valence-electron chi connectivity index (χ4n) is 4.98. The second-order valence-corrected chi connectivity index (χ2v) is 9.97. The number of nitrogens with zero attached hydrogens (tertiary/aromatic N) is 3. The Kier molecular flexibility index (Phi) is 7.99. The Labute approximate surface area is 237 Å². The molecule has 2 aromatic heterocycles. The molecule has 0 saturated carbocycles. The van der Waals surface area contributed by atoms with E-state index in [2.05, 4.69) is 19.9 Å². The van der Waals surface area contributed by atoms with Crippen LogP contribution in [0.15, 0.2) is 97.3 Å².